The molecule has 1 heterocycles. The van der Waals surface area contributed by atoms with E-state index in [4.69, 9.17) is 0 Å². The van der Waals surface area contributed by atoms with Gasteiger partial charge in [0.15, 0.2) is 4.60 Å². The van der Waals surface area contributed by atoms with Crippen LogP contribution in [0.2, 0.25) is 0 Å². The van der Waals surface area contributed by atoms with Gasteiger partial charge in [0.2, 0.25) is 5.03 Å². The highest BCUT2D eigenvalue weighted by Crippen LogP contribution is 2.20. The Hall–Kier alpha value is -0.510. The fourth-order valence-electron chi connectivity index (χ4n) is 1.13. The highest BCUT2D eigenvalue weighted by Gasteiger charge is 2.27. The van der Waals surface area contributed by atoms with Crippen LogP contribution in [0.3, 0.4) is 0 Å². The van der Waals surface area contributed by atoms with E-state index in [2.05, 4.69) is 31.6 Å². The van der Waals surface area contributed by atoms with E-state index in [-0.39, 0.29) is 9.63 Å². The van der Waals surface area contributed by atoms with E-state index in [1.807, 2.05) is 0 Å². The summed E-state index contributed by atoms with van der Waals surface area (Å²) in [6.07, 6.45) is 0. The van der Waals surface area contributed by atoms with Gasteiger partial charge in [-0.3, -0.25) is 0 Å². The van der Waals surface area contributed by atoms with E-state index < -0.39 is 10.0 Å². The van der Waals surface area contributed by atoms with E-state index in [0.29, 0.717) is 13.1 Å². The topological polar surface area (TPSA) is 80.1 Å². The normalized spacial score (nSPS) is 12.3. The van der Waals surface area contributed by atoms with Crippen molar-refractivity contribution < 1.29 is 8.42 Å². The summed E-state index contributed by atoms with van der Waals surface area (Å²) in [6.45, 7) is 0.967. The molecule has 0 saturated carbocycles. The van der Waals surface area contributed by atoms with Gasteiger partial charge in [0.25, 0.3) is 10.0 Å². The van der Waals surface area contributed by atoms with E-state index in [1.54, 1.807) is 7.05 Å². The average Bonchev–Trinajstić information content (AvgIpc) is 2.55. The maximum absolute atomic E-state index is 12.1. The van der Waals surface area contributed by atoms with Crippen LogP contribution in [0.25, 0.3) is 0 Å². The van der Waals surface area contributed by atoms with Gasteiger partial charge >= 0.3 is 0 Å². The van der Waals surface area contributed by atoms with E-state index in [9.17, 15) is 8.42 Å². The molecule has 0 aliphatic rings. The first kappa shape index (κ1) is 13.6. The average molecular weight is 312 g/mol. The first-order valence-corrected chi connectivity index (χ1v) is 6.80. The fraction of sp³-hybridized carbons (Fsp3) is 0.714. The summed E-state index contributed by atoms with van der Waals surface area (Å²) in [5.74, 6) is 0. The molecule has 0 spiro atoms. The number of halogens is 1. The molecule has 0 atom stereocenters. The van der Waals surface area contributed by atoms with Crippen LogP contribution >= 0.6 is 15.9 Å². The summed E-state index contributed by atoms with van der Waals surface area (Å²) in [6, 6.07) is 0. The first-order valence-electron chi connectivity index (χ1n) is 4.57. The number of aromatic nitrogens is 3. The van der Waals surface area contributed by atoms with E-state index >= 15 is 0 Å². The molecule has 0 unspecified atom stereocenters. The number of nitrogens with zero attached hydrogens (tertiary/aromatic N) is 4. The fourth-order valence-corrected chi connectivity index (χ4v) is 3.33. The summed E-state index contributed by atoms with van der Waals surface area (Å²) in [4.78, 5) is 0. The highest BCUT2D eigenvalue weighted by molar-refractivity contribution is 9.10. The van der Waals surface area contributed by atoms with Crippen molar-refractivity contribution in [1.82, 2.24) is 24.6 Å². The lowest BCUT2D eigenvalue weighted by atomic mass is 10.6. The third kappa shape index (κ3) is 2.59. The Balaban J connectivity index is 3.02. The molecular weight excluding hydrogens is 298 g/mol. The minimum absolute atomic E-state index is 0.0612. The molecule has 0 amide bonds. The summed E-state index contributed by atoms with van der Waals surface area (Å²) < 4.78 is 26.9. The number of likely N-dealkylation sites (N-methyl/N-ethyl adjacent to an activating group) is 2. The Labute approximate surface area is 103 Å². The van der Waals surface area contributed by atoms with Crippen LogP contribution in [-0.4, -0.2) is 54.9 Å². The van der Waals surface area contributed by atoms with Gasteiger partial charge in [-0.15, -0.1) is 5.10 Å². The van der Waals surface area contributed by atoms with Crippen LogP contribution in [0.4, 0.5) is 0 Å². The third-order valence-electron chi connectivity index (χ3n) is 2.07. The van der Waals surface area contributed by atoms with Crippen LogP contribution in [0.15, 0.2) is 9.63 Å². The van der Waals surface area contributed by atoms with Crippen molar-refractivity contribution in [2.75, 3.05) is 27.2 Å². The minimum atomic E-state index is -3.54. The standard InChI is InChI=1S/C7H14BrN5O2S/c1-9-4-5-12(2)16(14,15)7-6(8)10-11-13(7)3/h9H,4-5H2,1-3H3. The van der Waals surface area contributed by atoms with Gasteiger partial charge in [0.1, 0.15) is 0 Å². The Morgan fingerprint density at radius 3 is 2.62 bits per heavy atom. The number of rotatable bonds is 5. The molecule has 0 aliphatic heterocycles. The molecule has 0 aliphatic carbocycles. The Kier molecular flexibility index (Phi) is 4.42. The summed E-state index contributed by atoms with van der Waals surface area (Å²) in [5, 5.41) is 10.2. The van der Waals surface area contributed by atoms with Crippen LogP contribution in [0.5, 0.6) is 0 Å². The monoisotopic (exact) mass is 311 g/mol. The smallest absolute Gasteiger partial charge is 0.262 e. The molecule has 0 saturated heterocycles. The molecule has 0 bridgehead atoms. The molecule has 0 aromatic carbocycles. The zero-order valence-corrected chi connectivity index (χ0v) is 11.7. The van der Waals surface area contributed by atoms with Crippen molar-refractivity contribution in [3.05, 3.63) is 4.60 Å². The molecule has 9 heteroatoms. The molecule has 0 radical (unpaired) electrons. The van der Waals surface area contributed by atoms with Gasteiger partial charge in [0, 0.05) is 27.2 Å². The minimum Gasteiger partial charge on any atom is -0.318 e. The summed E-state index contributed by atoms with van der Waals surface area (Å²) in [5.41, 5.74) is 0. The van der Waals surface area contributed by atoms with Crippen molar-refractivity contribution >= 4 is 26.0 Å². The second-order valence-electron chi connectivity index (χ2n) is 3.24. The Morgan fingerprint density at radius 1 is 1.56 bits per heavy atom. The molecular formula is C7H14BrN5O2S. The third-order valence-corrected chi connectivity index (χ3v) is 4.81. The van der Waals surface area contributed by atoms with Gasteiger partial charge in [-0.1, -0.05) is 5.21 Å². The predicted molar refractivity (Wildman–Crippen MR) is 62.4 cm³/mol. The molecule has 1 rings (SSSR count). The van der Waals surface area contributed by atoms with Crippen molar-refractivity contribution in [2.45, 2.75) is 5.03 Å². The number of hydrogen-bond acceptors (Lipinski definition) is 5. The van der Waals surface area contributed by atoms with Crippen molar-refractivity contribution in [1.29, 1.82) is 0 Å². The summed E-state index contributed by atoms with van der Waals surface area (Å²) in [7, 11) is 1.28. The SMILES string of the molecule is CNCCN(C)S(=O)(=O)c1c(Br)nnn1C. The van der Waals surface area contributed by atoms with Crippen LogP contribution < -0.4 is 5.32 Å². The summed E-state index contributed by atoms with van der Waals surface area (Å²) >= 11 is 3.07. The lowest BCUT2D eigenvalue weighted by molar-refractivity contribution is 0.456. The molecule has 92 valence electrons. The lowest BCUT2D eigenvalue weighted by Gasteiger charge is -2.16. The quantitative estimate of drug-likeness (QED) is 0.787. The Bertz CT molecular complexity index is 438. The van der Waals surface area contributed by atoms with Crippen LogP contribution in [0, 0.1) is 0 Å². The lowest BCUT2D eigenvalue weighted by Crippen LogP contribution is -2.34. The molecule has 1 aromatic rings. The number of sulfonamides is 1. The number of nitrogens with one attached hydrogen (secondary N) is 1. The van der Waals surface area contributed by atoms with Crippen molar-refractivity contribution in [3.63, 3.8) is 0 Å². The molecule has 0 fully saturated rings. The Morgan fingerprint density at radius 2 is 2.19 bits per heavy atom. The van der Waals surface area contributed by atoms with Crippen LogP contribution in [-0.2, 0) is 17.1 Å². The largest absolute Gasteiger partial charge is 0.318 e. The maximum atomic E-state index is 12.1. The van der Waals surface area contributed by atoms with Crippen molar-refractivity contribution in [3.8, 4) is 0 Å². The zero-order valence-electron chi connectivity index (χ0n) is 9.31. The van der Waals surface area contributed by atoms with E-state index in [0.717, 1.165) is 0 Å². The van der Waals surface area contributed by atoms with Gasteiger partial charge in [0.05, 0.1) is 0 Å². The van der Waals surface area contributed by atoms with E-state index in [1.165, 1.54) is 23.1 Å². The first-order chi connectivity index (χ1) is 7.41. The molecule has 1 aromatic heterocycles. The molecule has 16 heavy (non-hydrogen) atoms. The maximum Gasteiger partial charge on any atom is 0.262 e. The molecule has 7 nitrogen and oxygen atoms in total. The van der Waals surface area contributed by atoms with Gasteiger partial charge in [-0.2, -0.15) is 4.31 Å². The second-order valence-corrected chi connectivity index (χ2v) is 5.95. The van der Waals surface area contributed by atoms with Gasteiger partial charge < -0.3 is 5.32 Å². The zero-order chi connectivity index (χ0) is 12.3. The van der Waals surface area contributed by atoms with Crippen molar-refractivity contribution in [2.24, 2.45) is 7.05 Å². The van der Waals surface area contributed by atoms with Crippen LogP contribution in [0.1, 0.15) is 0 Å². The predicted octanol–water partition coefficient (Wildman–Crippen LogP) is -0.583. The number of hydrogen-bond donors (Lipinski definition) is 1. The second kappa shape index (κ2) is 5.21. The van der Waals surface area contributed by atoms with Gasteiger partial charge in [-0.25, -0.2) is 13.1 Å². The number of aryl methyl sites for hydroxylation is 1. The highest BCUT2D eigenvalue weighted by atomic mass is 79.9. The molecule has 1 N–H and O–H groups in total. The van der Waals surface area contributed by atoms with Gasteiger partial charge in [-0.05, 0) is 23.0 Å².